The lowest BCUT2D eigenvalue weighted by atomic mass is 10.2. The minimum absolute atomic E-state index is 0.122. The van der Waals surface area contributed by atoms with Gasteiger partial charge in [-0.05, 0) is 55.5 Å². The predicted molar refractivity (Wildman–Crippen MR) is 124 cm³/mol. The Morgan fingerprint density at radius 3 is 2.18 bits per heavy atom. The Bertz CT molecular complexity index is 1320. The molecule has 0 aliphatic carbocycles. The van der Waals surface area contributed by atoms with Crippen molar-refractivity contribution in [2.75, 3.05) is 0 Å². The fraction of sp³-hybridized carbons (Fsp3) is 0.167. The summed E-state index contributed by atoms with van der Waals surface area (Å²) in [5.41, 5.74) is 0.308. The number of aryl methyl sites for hydroxylation is 1. The van der Waals surface area contributed by atoms with E-state index in [-0.39, 0.29) is 23.6 Å². The summed E-state index contributed by atoms with van der Waals surface area (Å²) in [6, 6.07) is 12.4. The number of benzene rings is 2. The van der Waals surface area contributed by atoms with Crippen molar-refractivity contribution in [2.45, 2.75) is 25.7 Å². The average Bonchev–Trinajstić information content (AvgIpc) is 3.16. The van der Waals surface area contributed by atoms with Gasteiger partial charge in [0.15, 0.2) is 12.3 Å². The standard InChI is InChI=1S/C24H18Cl2N2O6/c1-13-12-28(24(31)27-21(13)34-23(30)16-5-9-18(26)10-6-16)20-11-19(14(2)32-20)33-22(29)15-3-7-17(25)8-4-15/h3-10,12,19-20H,2,11H2,1H3/t19-,20-/m1/s1. The first-order chi connectivity index (χ1) is 16.2. The topological polar surface area (TPSA) is 96.7 Å². The van der Waals surface area contributed by atoms with E-state index in [4.69, 9.17) is 37.4 Å². The summed E-state index contributed by atoms with van der Waals surface area (Å²) in [5.74, 6) is -1.17. The number of nitrogens with zero attached hydrogens (tertiary/aromatic N) is 2. The van der Waals surface area contributed by atoms with Gasteiger partial charge in [-0.2, -0.15) is 4.98 Å². The van der Waals surface area contributed by atoms with Gasteiger partial charge >= 0.3 is 17.6 Å². The predicted octanol–water partition coefficient (Wildman–Crippen LogP) is 4.74. The first-order valence-electron chi connectivity index (χ1n) is 10.1. The largest absolute Gasteiger partial charge is 0.471 e. The zero-order chi connectivity index (χ0) is 24.4. The first-order valence-corrected chi connectivity index (χ1v) is 10.9. The number of carbonyl (C=O) groups excluding carboxylic acids is 2. The third-order valence-electron chi connectivity index (χ3n) is 5.06. The van der Waals surface area contributed by atoms with E-state index in [9.17, 15) is 14.4 Å². The summed E-state index contributed by atoms with van der Waals surface area (Å²) in [5, 5.41) is 0.971. The number of aromatic nitrogens is 2. The Labute approximate surface area is 204 Å². The lowest BCUT2D eigenvalue weighted by Gasteiger charge is -2.15. The molecule has 34 heavy (non-hydrogen) atoms. The third kappa shape index (κ3) is 5.13. The number of rotatable bonds is 5. The molecule has 0 spiro atoms. The Hall–Kier alpha value is -3.62. The summed E-state index contributed by atoms with van der Waals surface area (Å²) < 4.78 is 17.7. The highest BCUT2D eigenvalue weighted by Gasteiger charge is 2.35. The lowest BCUT2D eigenvalue weighted by molar-refractivity contribution is 0.0368. The molecule has 174 valence electrons. The Kier molecular flexibility index (Phi) is 6.72. The van der Waals surface area contributed by atoms with Crippen LogP contribution in [-0.4, -0.2) is 27.6 Å². The van der Waals surface area contributed by atoms with Crippen LogP contribution in [-0.2, 0) is 9.47 Å². The maximum absolute atomic E-state index is 12.6. The van der Waals surface area contributed by atoms with E-state index in [1.54, 1.807) is 43.3 Å². The molecule has 0 bridgehead atoms. The molecule has 1 aliphatic heterocycles. The third-order valence-corrected chi connectivity index (χ3v) is 5.56. The average molecular weight is 501 g/mol. The second kappa shape index (κ2) is 9.70. The van der Waals surface area contributed by atoms with E-state index in [0.29, 0.717) is 21.2 Å². The van der Waals surface area contributed by atoms with Crippen LogP contribution in [0.5, 0.6) is 5.88 Å². The molecule has 1 saturated heterocycles. The van der Waals surface area contributed by atoms with Crippen molar-refractivity contribution in [3.63, 3.8) is 0 Å². The van der Waals surface area contributed by atoms with Crippen LogP contribution < -0.4 is 10.4 Å². The first kappa shape index (κ1) is 23.5. The molecule has 2 atom stereocenters. The van der Waals surface area contributed by atoms with Crippen molar-refractivity contribution >= 4 is 35.1 Å². The Balaban J connectivity index is 1.46. The SMILES string of the molecule is C=C1O[C@@H](n2cc(C)c(OC(=O)c3ccc(Cl)cc3)nc2=O)C[C@H]1OC(=O)c1ccc(Cl)cc1. The second-order valence-corrected chi connectivity index (χ2v) is 8.36. The molecule has 0 saturated carbocycles. The van der Waals surface area contributed by atoms with Gasteiger partial charge in [0, 0.05) is 28.2 Å². The molecule has 10 heteroatoms. The molecule has 0 radical (unpaired) electrons. The van der Waals surface area contributed by atoms with Crippen molar-refractivity contribution in [3.05, 3.63) is 104 Å². The molecule has 0 N–H and O–H groups in total. The quantitative estimate of drug-likeness (QED) is 0.466. The van der Waals surface area contributed by atoms with Gasteiger partial charge in [-0.1, -0.05) is 29.8 Å². The molecule has 2 aromatic carbocycles. The van der Waals surface area contributed by atoms with Crippen LogP contribution in [0, 0.1) is 6.92 Å². The minimum atomic E-state index is -0.796. The second-order valence-electron chi connectivity index (χ2n) is 7.49. The van der Waals surface area contributed by atoms with Gasteiger partial charge in [-0.3, -0.25) is 4.57 Å². The Morgan fingerprint density at radius 1 is 1.03 bits per heavy atom. The van der Waals surface area contributed by atoms with Gasteiger partial charge in [0.05, 0.1) is 11.1 Å². The maximum atomic E-state index is 12.6. The highest BCUT2D eigenvalue weighted by molar-refractivity contribution is 6.31. The number of esters is 2. The van der Waals surface area contributed by atoms with Gasteiger partial charge in [-0.25, -0.2) is 14.4 Å². The summed E-state index contributed by atoms with van der Waals surface area (Å²) in [6.07, 6.45) is 0.0579. The van der Waals surface area contributed by atoms with Crippen LogP contribution in [0.25, 0.3) is 0 Å². The lowest BCUT2D eigenvalue weighted by Crippen LogP contribution is -2.28. The van der Waals surface area contributed by atoms with Crippen molar-refractivity contribution in [2.24, 2.45) is 0 Å². The minimum Gasteiger partial charge on any atom is -0.471 e. The number of ether oxygens (including phenoxy) is 3. The summed E-state index contributed by atoms with van der Waals surface area (Å²) >= 11 is 11.7. The van der Waals surface area contributed by atoms with Gasteiger partial charge in [0.25, 0.3) is 0 Å². The monoisotopic (exact) mass is 500 g/mol. The van der Waals surface area contributed by atoms with Crippen LogP contribution in [0.15, 0.2) is 71.9 Å². The molecule has 4 rings (SSSR count). The van der Waals surface area contributed by atoms with Crippen LogP contribution in [0.1, 0.15) is 38.9 Å². The molecule has 3 aromatic rings. The summed E-state index contributed by atoms with van der Waals surface area (Å²) in [6.45, 7) is 5.42. The van der Waals surface area contributed by atoms with Crippen LogP contribution in [0.2, 0.25) is 10.0 Å². The molecule has 0 amide bonds. The van der Waals surface area contributed by atoms with Crippen molar-refractivity contribution in [1.29, 1.82) is 0 Å². The van der Waals surface area contributed by atoms with Crippen molar-refractivity contribution < 1.29 is 23.8 Å². The molecule has 1 fully saturated rings. The van der Waals surface area contributed by atoms with Gasteiger partial charge < -0.3 is 14.2 Å². The van der Waals surface area contributed by atoms with Crippen molar-refractivity contribution in [3.8, 4) is 5.88 Å². The molecule has 8 nitrogen and oxygen atoms in total. The Morgan fingerprint density at radius 2 is 1.59 bits per heavy atom. The van der Waals surface area contributed by atoms with Crippen molar-refractivity contribution in [1.82, 2.24) is 9.55 Å². The molecule has 1 aliphatic rings. The highest BCUT2D eigenvalue weighted by Crippen LogP contribution is 2.32. The summed E-state index contributed by atoms with van der Waals surface area (Å²) in [4.78, 5) is 41.3. The molecule has 1 aromatic heterocycles. The van der Waals surface area contributed by atoms with E-state index >= 15 is 0 Å². The fourth-order valence-electron chi connectivity index (χ4n) is 3.27. The number of hydrogen-bond donors (Lipinski definition) is 0. The van der Waals surface area contributed by atoms with E-state index in [0.717, 1.165) is 0 Å². The number of carbonyl (C=O) groups is 2. The van der Waals surface area contributed by atoms with Gasteiger partial charge in [0.2, 0.25) is 5.88 Å². The van der Waals surface area contributed by atoms with Crippen LogP contribution in [0.4, 0.5) is 0 Å². The van der Waals surface area contributed by atoms with Crippen LogP contribution >= 0.6 is 23.2 Å². The molecular formula is C24H18Cl2N2O6. The summed E-state index contributed by atoms with van der Waals surface area (Å²) in [7, 11) is 0. The van der Waals surface area contributed by atoms with E-state index < -0.39 is 30.0 Å². The zero-order valence-electron chi connectivity index (χ0n) is 17.9. The highest BCUT2D eigenvalue weighted by atomic mass is 35.5. The van der Waals surface area contributed by atoms with Gasteiger partial charge in [-0.15, -0.1) is 0 Å². The van der Waals surface area contributed by atoms with Crippen LogP contribution in [0.3, 0.4) is 0 Å². The normalized spacial score (nSPS) is 17.2. The number of hydrogen-bond acceptors (Lipinski definition) is 7. The molecular weight excluding hydrogens is 483 g/mol. The molecule has 2 heterocycles. The number of halogens is 2. The maximum Gasteiger partial charge on any atom is 0.353 e. The van der Waals surface area contributed by atoms with E-state index in [1.165, 1.54) is 22.9 Å². The zero-order valence-corrected chi connectivity index (χ0v) is 19.4. The van der Waals surface area contributed by atoms with E-state index in [2.05, 4.69) is 11.6 Å². The van der Waals surface area contributed by atoms with Gasteiger partial charge in [0.1, 0.15) is 5.76 Å². The fourth-order valence-corrected chi connectivity index (χ4v) is 3.53. The smallest absolute Gasteiger partial charge is 0.353 e. The van der Waals surface area contributed by atoms with E-state index in [1.807, 2.05) is 0 Å². The molecule has 0 unspecified atom stereocenters.